The van der Waals surface area contributed by atoms with E-state index < -0.39 is 15.9 Å². The van der Waals surface area contributed by atoms with Crippen LogP contribution in [0.15, 0.2) is 71.6 Å². The van der Waals surface area contributed by atoms with Crippen LogP contribution in [0.5, 0.6) is 0 Å². The van der Waals surface area contributed by atoms with Crippen LogP contribution in [0.25, 0.3) is 0 Å². The summed E-state index contributed by atoms with van der Waals surface area (Å²) in [6.45, 7) is 0.141. The number of nitrogen functional groups attached to an aromatic ring is 1. The van der Waals surface area contributed by atoms with Gasteiger partial charge in [-0.15, -0.1) is 0 Å². The predicted octanol–water partition coefficient (Wildman–Crippen LogP) is 4.31. The van der Waals surface area contributed by atoms with Crippen molar-refractivity contribution in [1.82, 2.24) is 4.72 Å². The van der Waals surface area contributed by atoms with Crippen LogP contribution >= 0.6 is 23.2 Å². The number of hydrogen-bond acceptors (Lipinski definition) is 4. The molecule has 150 valence electrons. The Labute approximate surface area is 178 Å². The van der Waals surface area contributed by atoms with Gasteiger partial charge in [0.15, 0.2) is 0 Å². The molecule has 0 bridgehead atoms. The van der Waals surface area contributed by atoms with Crippen molar-refractivity contribution in [3.05, 3.63) is 87.9 Å². The lowest BCUT2D eigenvalue weighted by Crippen LogP contribution is -2.23. The molecule has 3 aromatic rings. The molecule has 0 fully saturated rings. The number of carbonyl (C=O) groups excluding carboxylic acids is 1. The highest BCUT2D eigenvalue weighted by Crippen LogP contribution is 2.31. The molecule has 0 radical (unpaired) electrons. The van der Waals surface area contributed by atoms with Crippen molar-refractivity contribution < 1.29 is 13.2 Å². The summed E-state index contributed by atoms with van der Waals surface area (Å²) >= 11 is 11.9. The predicted molar refractivity (Wildman–Crippen MR) is 116 cm³/mol. The van der Waals surface area contributed by atoms with Crippen LogP contribution in [-0.4, -0.2) is 14.3 Å². The molecule has 9 heteroatoms. The first-order valence-corrected chi connectivity index (χ1v) is 10.7. The lowest BCUT2D eigenvalue weighted by atomic mass is 10.2. The van der Waals surface area contributed by atoms with E-state index >= 15 is 0 Å². The maximum Gasteiger partial charge on any atom is 0.255 e. The summed E-state index contributed by atoms with van der Waals surface area (Å²) in [6.07, 6.45) is 0. The van der Waals surface area contributed by atoms with Crippen LogP contribution in [0.1, 0.15) is 15.9 Å². The molecule has 3 aromatic carbocycles. The van der Waals surface area contributed by atoms with Crippen molar-refractivity contribution in [3.8, 4) is 0 Å². The molecule has 0 aliphatic rings. The number of carbonyl (C=O) groups is 1. The number of amides is 1. The van der Waals surface area contributed by atoms with Crippen molar-refractivity contribution in [2.75, 3.05) is 11.1 Å². The minimum atomic E-state index is -3.80. The second-order valence-electron chi connectivity index (χ2n) is 6.15. The third-order valence-electron chi connectivity index (χ3n) is 4.05. The smallest absolute Gasteiger partial charge is 0.255 e. The summed E-state index contributed by atoms with van der Waals surface area (Å²) < 4.78 is 27.7. The maximum absolute atomic E-state index is 12.6. The monoisotopic (exact) mass is 449 g/mol. The molecule has 3 rings (SSSR count). The lowest BCUT2D eigenvalue weighted by Gasteiger charge is -2.10. The highest BCUT2D eigenvalue weighted by molar-refractivity contribution is 7.89. The van der Waals surface area contributed by atoms with E-state index in [0.717, 1.165) is 5.56 Å². The van der Waals surface area contributed by atoms with E-state index in [1.807, 2.05) is 30.3 Å². The van der Waals surface area contributed by atoms with Gasteiger partial charge < -0.3 is 11.1 Å². The number of hydrogen-bond donors (Lipinski definition) is 3. The SMILES string of the molecule is Nc1c(Cl)cc(NC(=O)c2cccc(S(=O)(=O)NCc3ccccc3)c2)cc1Cl. The van der Waals surface area contributed by atoms with Crippen LogP contribution in [0.3, 0.4) is 0 Å². The van der Waals surface area contributed by atoms with E-state index in [1.165, 1.54) is 36.4 Å². The molecule has 0 spiro atoms. The topological polar surface area (TPSA) is 101 Å². The Kier molecular flexibility index (Phi) is 6.44. The van der Waals surface area contributed by atoms with Gasteiger partial charge in [0.2, 0.25) is 10.0 Å². The van der Waals surface area contributed by atoms with Gasteiger partial charge >= 0.3 is 0 Å². The summed E-state index contributed by atoms with van der Waals surface area (Å²) in [7, 11) is -3.80. The Balaban J connectivity index is 1.77. The fraction of sp³-hybridized carbons (Fsp3) is 0.0500. The Morgan fingerprint density at radius 2 is 1.59 bits per heavy atom. The second-order valence-corrected chi connectivity index (χ2v) is 8.73. The largest absolute Gasteiger partial charge is 0.396 e. The summed E-state index contributed by atoms with van der Waals surface area (Å²) in [5, 5.41) is 3.03. The van der Waals surface area contributed by atoms with Crippen molar-refractivity contribution in [1.29, 1.82) is 0 Å². The third kappa shape index (κ3) is 5.27. The van der Waals surface area contributed by atoms with Crippen molar-refractivity contribution in [2.24, 2.45) is 0 Å². The minimum Gasteiger partial charge on any atom is -0.396 e. The van der Waals surface area contributed by atoms with Crippen molar-refractivity contribution in [2.45, 2.75) is 11.4 Å². The Bertz CT molecular complexity index is 1130. The van der Waals surface area contributed by atoms with E-state index in [-0.39, 0.29) is 32.7 Å². The standard InChI is InChI=1S/C20H17Cl2N3O3S/c21-17-10-15(11-18(22)19(17)23)25-20(26)14-7-4-8-16(9-14)29(27,28)24-12-13-5-2-1-3-6-13/h1-11,24H,12,23H2,(H,25,26). The number of anilines is 2. The van der Waals surface area contributed by atoms with Gasteiger partial charge in [-0.25, -0.2) is 13.1 Å². The molecule has 4 N–H and O–H groups in total. The van der Waals surface area contributed by atoms with E-state index in [1.54, 1.807) is 0 Å². The third-order valence-corrected chi connectivity index (χ3v) is 6.08. The molecule has 0 saturated heterocycles. The van der Waals surface area contributed by atoms with Gasteiger partial charge in [-0.3, -0.25) is 4.79 Å². The average molecular weight is 450 g/mol. The Hall–Kier alpha value is -2.58. The number of nitrogens with one attached hydrogen (secondary N) is 2. The summed E-state index contributed by atoms with van der Waals surface area (Å²) in [4.78, 5) is 12.5. The van der Waals surface area contributed by atoms with Gasteiger partial charge in [0.1, 0.15) is 0 Å². The van der Waals surface area contributed by atoms with Crippen LogP contribution in [0.2, 0.25) is 10.0 Å². The van der Waals surface area contributed by atoms with E-state index in [0.29, 0.717) is 5.69 Å². The summed E-state index contributed by atoms with van der Waals surface area (Å²) in [5.74, 6) is -0.512. The lowest BCUT2D eigenvalue weighted by molar-refractivity contribution is 0.102. The average Bonchev–Trinajstić information content (AvgIpc) is 2.71. The molecule has 0 atom stereocenters. The normalized spacial score (nSPS) is 11.2. The number of sulfonamides is 1. The highest BCUT2D eigenvalue weighted by atomic mass is 35.5. The molecule has 0 saturated carbocycles. The van der Waals surface area contributed by atoms with Crippen LogP contribution in [-0.2, 0) is 16.6 Å². The zero-order chi connectivity index (χ0) is 21.0. The molecule has 1 amide bonds. The van der Waals surface area contributed by atoms with Crippen LogP contribution < -0.4 is 15.8 Å². The molecule has 0 aromatic heterocycles. The van der Waals surface area contributed by atoms with Gasteiger partial charge in [-0.2, -0.15) is 0 Å². The van der Waals surface area contributed by atoms with E-state index in [9.17, 15) is 13.2 Å². The molecule has 0 aliphatic carbocycles. The molecular formula is C20H17Cl2N3O3S. The summed E-state index contributed by atoms with van der Waals surface area (Å²) in [5.41, 5.74) is 7.22. The zero-order valence-corrected chi connectivity index (χ0v) is 17.4. The first-order chi connectivity index (χ1) is 13.8. The van der Waals surface area contributed by atoms with E-state index in [2.05, 4.69) is 10.0 Å². The van der Waals surface area contributed by atoms with E-state index in [4.69, 9.17) is 28.9 Å². The minimum absolute atomic E-state index is 0.0190. The van der Waals surface area contributed by atoms with Crippen molar-refractivity contribution in [3.63, 3.8) is 0 Å². The maximum atomic E-state index is 12.6. The number of rotatable bonds is 6. The van der Waals surface area contributed by atoms with Gasteiger partial charge in [-0.1, -0.05) is 59.6 Å². The Morgan fingerprint density at radius 3 is 2.24 bits per heavy atom. The van der Waals surface area contributed by atoms with Gasteiger partial charge in [0, 0.05) is 17.8 Å². The fourth-order valence-electron chi connectivity index (χ4n) is 2.52. The first-order valence-electron chi connectivity index (χ1n) is 8.46. The number of halogens is 2. The number of benzene rings is 3. The number of nitrogens with two attached hydrogens (primary N) is 1. The van der Waals surface area contributed by atoms with Gasteiger partial charge in [0.25, 0.3) is 5.91 Å². The van der Waals surface area contributed by atoms with Gasteiger partial charge in [0.05, 0.1) is 20.6 Å². The molecule has 0 heterocycles. The summed E-state index contributed by atoms with van der Waals surface area (Å²) in [6, 6.07) is 17.8. The molecule has 29 heavy (non-hydrogen) atoms. The van der Waals surface area contributed by atoms with Gasteiger partial charge in [-0.05, 0) is 35.9 Å². The first kappa shape index (κ1) is 21.1. The second kappa shape index (κ2) is 8.84. The quantitative estimate of drug-likeness (QED) is 0.488. The van der Waals surface area contributed by atoms with Crippen LogP contribution in [0.4, 0.5) is 11.4 Å². The van der Waals surface area contributed by atoms with Crippen LogP contribution in [0, 0.1) is 0 Å². The molecule has 0 aliphatic heterocycles. The highest BCUT2D eigenvalue weighted by Gasteiger charge is 2.17. The molecule has 0 unspecified atom stereocenters. The van der Waals surface area contributed by atoms with Crippen molar-refractivity contribution >= 4 is 50.5 Å². The fourth-order valence-corrected chi connectivity index (χ4v) is 4.07. The zero-order valence-electron chi connectivity index (χ0n) is 15.0. The molecular weight excluding hydrogens is 433 g/mol. The Morgan fingerprint density at radius 1 is 0.931 bits per heavy atom. The molecule has 6 nitrogen and oxygen atoms in total.